The first-order valence-corrected chi connectivity index (χ1v) is 7.87. The minimum Gasteiger partial charge on any atom is -0.339 e. The SMILES string of the molecule is Cc1ccc(Cc2noc(CCC3CCNCC3)n2)cc1. The van der Waals surface area contributed by atoms with Gasteiger partial charge in [0.25, 0.3) is 0 Å². The minimum absolute atomic E-state index is 0.747. The molecule has 0 spiro atoms. The van der Waals surface area contributed by atoms with E-state index in [1.165, 1.54) is 24.0 Å². The zero-order valence-electron chi connectivity index (χ0n) is 12.6. The molecule has 2 aromatic rings. The van der Waals surface area contributed by atoms with Crippen LogP contribution in [0.2, 0.25) is 0 Å². The second-order valence-electron chi connectivity index (χ2n) is 6.00. The molecule has 1 N–H and O–H groups in total. The number of rotatable bonds is 5. The van der Waals surface area contributed by atoms with Gasteiger partial charge in [-0.2, -0.15) is 4.98 Å². The maximum atomic E-state index is 5.37. The molecule has 2 heterocycles. The maximum Gasteiger partial charge on any atom is 0.226 e. The lowest BCUT2D eigenvalue weighted by Gasteiger charge is -2.21. The van der Waals surface area contributed by atoms with Gasteiger partial charge in [0.05, 0.1) is 0 Å². The molecule has 1 aliphatic heterocycles. The van der Waals surface area contributed by atoms with Crippen LogP contribution in [0.5, 0.6) is 0 Å². The molecule has 1 aliphatic rings. The predicted molar refractivity (Wildman–Crippen MR) is 82.2 cm³/mol. The molecule has 0 amide bonds. The molecular formula is C17H23N3O. The van der Waals surface area contributed by atoms with Crippen molar-refractivity contribution in [3.05, 3.63) is 47.1 Å². The summed E-state index contributed by atoms with van der Waals surface area (Å²) in [6.45, 7) is 4.39. The number of benzene rings is 1. The summed E-state index contributed by atoms with van der Waals surface area (Å²) in [6.07, 6.45) is 5.35. The molecule has 21 heavy (non-hydrogen) atoms. The van der Waals surface area contributed by atoms with Crippen LogP contribution < -0.4 is 5.32 Å². The van der Waals surface area contributed by atoms with Crippen molar-refractivity contribution >= 4 is 0 Å². The van der Waals surface area contributed by atoms with Crippen LogP contribution in [-0.2, 0) is 12.8 Å². The lowest BCUT2D eigenvalue weighted by Crippen LogP contribution is -2.27. The van der Waals surface area contributed by atoms with Crippen LogP contribution in [0, 0.1) is 12.8 Å². The number of aryl methyl sites for hydroxylation is 2. The third-order valence-corrected chi connectivity index (χ3v) is 4.22. The molecule has 1 aromatic heterocycles. The summed E-state index contributed by atoms with van der Waals surface area (Å²) >= 11 is 0. The normalized spacial score (nSPS) is 16.2. The number of piperidine rings is 1. The van der Waals surface area contributed by atoms with Gasteiger partial charge < -0.3 is 9.84 Å². The summed E-state index contributed by atoms with van der Waals surface area (Å²) in [6, 6.07) is 8.49. The number of hydrogen-bond acceptors (Lipinski definition) is 4. The summed E-state index contributed by atoms with van der Waals surface area (Å²) in [5.74, 6) is 2.38. The second kappa shape index (κ2) is 6.85. The van der Waals surface area contributed by atoms with Gasteiger partial charge in [-0.1, -0.05) is 35.0 Å². The summed E-state index contributed by atoms with van der Waals surface area (Å²) < 4.78 is 5.37. The highest BCUT2D eigenvalue weighted by atomic mass is 16.5. The lowest BCUT2D eigenvalue weighted by molar-refractivity contribution is 0.323. The molecule has 1 fully saturated rings. The third-order valence-electron chi connectivity index (χ3n) is 4.22. The van der Waals surface area contributed by atoms with Crippen LogP contribution in [0.25, 0.3) is 0 Å². The number of hydrogen-bond donors (Lipinski definition) is 1. The molecule has 0 aliphatic carbocycles. The van der Waals surface area contributed by atoms with Crippen molar-refractivity contribution in [1.82, 2.24) is 15.5 Å². The molecule has 1 saturated heterocycles. The van der Waals surface area contributed by atoms with Crippen LogP contribution in [0.3, 0.4) is 0 Å². The average Bonchev–Trinajstić information content (AvgIpc) is 2.96. The van der Waals surface area contributed by atoms with Gasteiger partial charge in [-0.25, -0.2) is 0 Å². The second-order valence-corrected chi connectivity index (χ2v) is 6.00. The number of nitrogens with zero attached hydrogens (tertiary/aromatic N) is 2. The fourth-order valence-corrected chi connectivity index (χ4v) is 2.85. The third kappa shape index (κ3) is 4.14. The van der Waals surface area contributed by atoms with Gasteiger partial charge in [0, 0.05) is 12.8 Å². The fraction of sp³-hybridized carbons (Fsp3) is 0.529. The average molecular weight is 285 g/mol. The molecule has 0 radical (unpaired) electrons. The molecule has 0 bridgehead atoms. The van der Waals surface area contributed by atoms with Crippen LogP contribution in [0.15, 0.2) is 28.8 Å². The number of nitrogens with one attached hydrogen (secondary N) is 1. The molecular weight excluding hydrogens is 262 g/mol. The van der Waals surface area contributed by atoms with Gasteiger partial charge in [0.15, 0.2) is 5.82 Å². The van der Waals surface area contributed by atoms with Crippen molar-refractivity contribution in [3.8, 4) is 0 Å². The topological polar surface area (TPSA) is 51.0 Å². The van der Waals surface area contributed by atoms with Crippen LogP contribution in [0.4, 0.5) is 0 Å². The van der Waals surface area contributed by atoms with Gasteiger partial charge in [-0.3, -0.25) is 0 Å². The lowest BCUT2D eigenvalue weighted by atomic mass is 9.93. The zero-order chi connectivity index (χ0) is 14.5. The fourth-order valence-electron chi connectivity index (χ4n) is 2.85. The van der Waals surface area contributed by atoms with Crippen molar-refractivity contribution in [1.29, 1.82) is 0 Å². The first kappa shape index (κ1) is 14.3. The molecule has 1 aromatic carbocycles. The summed E-state index contributed by atoms with van der Waals surface area (Å²) in [5.41, 5.74) is 2.50. The van der Waals surface area contributed by atoms with E-state index < -0.39 is 0 Å². The zero-order valence-corrected chi connectivity index (χ0v) is 12.6. The highest BCUT2D eigenvalue weighted by Crippen LogP contribution is 2.18. The Kier molecular flexibility index (Phi) is 4.65. The monoisotopic (exact) mass is 285 g/mol. The van der Waals surface area contributed by atoms with Crippen molar-refractivity contribution < 1.29 is 4.52 Å². The Hall–Kier alpha value is -1.68. The van der Waals surface area contributed by atoms with Crippen LogP contribution >= 0.6 is 0 Å². The van der Waals surface area contributed by atoms with Crippen LogP contribution in [-0.4, -0.2) is 23.2 Å². The van der Waals surface area contributed by atoms with Gasteiger partial charge in [0.2, 0.25) is 5.89 Å². The van der Waals surface area contributed by atoms with Crippen molar-refractivity contribution in [2.45, 2.75) is 39.0 Å². The van der Waals surface area contributed by atoms with Gasteiger partial charge in [-0.15, -0.1) is 0 Å². The van der Waals surface area contributed by atoms with E-state index in [2.05, 4.69) is 46.6 Å². The predicted octanol–water partition coefficient (Wildman–Crippen LogP) is 2.90. The van der Waals surface area contributed by atoms with Crippen molar-refractivity contribution in [2.75, 3.05) is 13.1 Å². The quantitative estimate of drug-likeness (QED) is 0.917. The van der Waals surface area contributed by atoms with Gasteiger partial charge in [-0.05, 0) is 50.8 Å². The standard InChI is InChI=1S/C17H23N3O/c1-13-2-4-15(5-3-13)12-16-19-17(21-20-16)7-6-14-8-10-18-11-9-14/h2-5,14,18H,6-12H2,1H3. The smallest absolute Gasteiger partial charge is 0.226 e. The highest BCUT2D eigenvalue weighted by molar-refractivity contribution is 5.23. The minimum atomic E-state index is 0.747. The molecule has 112 valence electrons. The van der Waals surface area contributed by atoms with Crippen LogP contribution in [0.1, 0.15) is 42.1 Å². The highest BCUT2D eigenvalue weighted by Gasteiger charge is 2.15. The molecule has 0 atom stereocenters. The number of aromatic nitrogens is 2. The largest absolute Gasteiger partial charge is 0.339 e. The molecule has 0 unspecified atom stereocenters. The first-order chi connectivity index (χ1) is 10.3. The Morgan fingerprint density at radius 1 is 1.19 bits per heavy atom. The van der Waals surface area contributed by atoms with E-state index in [1.807, 2.05) is 0 Å². The Morgan fingerprint density at radius 2 is 1.95 bits per heavy atom. The van der Waals surface area contributed by atoms with E-state index in [0.717, 1.165) is 50.0 Å². The molecule has 3 rings (SSSR count). The Morgan fingerprint density at radius 3 is 2.71 bits per heavy atom. The summed E-state index contributed by atoms with van der Waals surface area (Å²) in [7, 11) is 0. The van der Waals surface area contributed by atoms with Crippen molar-refractivity contribution in [2.24, 2.45) is 5.92 Å². The summed E-state index contributed by atoms with van der Waals surface area (Å²) in [5, 5.41) is 7.50. The maximum absolute atomic E-state index is 5.37. The Balaban J connectivity index is 1.52. The van der Waals surface area contributed by atoms with E-state index in [-0.39, 0.29) is 0 Å². The van der Waals surface area contributed by atoms with E-state index in [4.69, 9.17) is 4.52 Å². The Labute approximate surface area is 126 Å². The first-order valence-electron chi connectivity index (χ1n) is 7.87. The van der Waals surface area contributed by atoms with Crippen molar-refractivity contribution in [3.63, 3.8) is 0 Å². The van der Waals surface area contributed by atoms with E-state index in [1.54, 1.807) is 0 Å². The van der Waals surface area contributed by atoms with E-state index in [0.29, 0.717) is 0 Å². The van der Waals surface area contributed by atoms with E-state index in [9.17, 15) is 0 Å². The van der Waals surface area contributed by atoms with Gasteiger partial charge >= 0.3 is 0 Å². The molecule has 0 saturated carbocycles. The molecule has 4 nitrogen and oxygen atoms in total. The molecule has 4 heteroatoms. The van der Waals surface area contributed by atoms with E-state index >= 15 is 0 Å². The van der Waals surface area contributed by atoms with Gasteiger partial charge in [0.1, 0.15) is 0 Å². The Bertz CT molecular complexity index is 556. The summed E-state index contributed by atoms with van der Waals surface area (Å²) in [4.78, 5) is 4.52.